The second-order valence-corrected chi connectivity index (χ2v) is 7.42. The Hall–Kier alpha value is -2.88. The Bertz CT molecular complexity index is 1020. The highest BCUT2D eigenvalue weighted by molar-refractivity contribution is 7.99. The molecule has 10 heteroatoms. The summed E-state index contributed by atoms with van der Waals surface area (Å²) in [6, 6.07) is 7.94. The molecule has 1 amide bonds. The highest BCUT2D eigenvalue weighted by atomic mass is 32.2. The van der Waals surface area contributed by atoms with Crippen molar-refractivity contribution in [1.29, 1.82) is 0 Å². The average molecular weight is 439 g/mol. The molecule has 1 N–H and O–H groups in total. The van der Waals surface area contributed by atoms with Crippen LogP contribution in [0.2, 0.25) is 0 Å². The molecular formula is C20H17F4N3O2S. The minimum absolute atomic E-state index is 0.0364. The molecule has 0 atom stereocenters. The molecule has 0 saturated carbocycles. The van der Waals surface area contributed by atoms with E-state index in [1.807, 2.05) is 0 Å². The van der Waals surface area contributed by atoms with Crippen molar-refractivity contribution in [2.45, 2.75) is 31.1 Å². The van der Waals surface area contributed by atoms with E-state index in [1.165, 1.54) is 30.5 Å². The number of hydrogen-bond acceptors (Lipinski definition) is 5. The first kappa shape index (κ1) is 21.8. The van der Waals surface area contributed by atoms with Crippen molar-refractivity contribution < 1.29 is 26.8 Å². The van der Waals surface area contributed by atoms with E-state index >= 15 is 0 Å². The lowest BCUT2D eigenvalue weighted by Gasteiger charge is -2.10. The number of thioether (sulfide) groups is 1. The molecule has 30 heavy (non-hydrogen) atoms. The Morgan fingerprint density at radius 3 is 2.67 bits per heavy atom. The van der Waals surface area contributed by atoms with E-state index in [1.54, 1.807) is 13.0 Å². The van der Waals surface area contributed by atoms with Crippen LogP contribution in [0.25, 0.3) is 11.5 Å². The van der Waals surface area contributed by atoms with Crippen molar-refractivity contribution in [2.75, 3.05) is 11.1 Å². The largest absolute Gasteiger partial charge is 0.463 e. The van der Waals surface area contributed by atoms with Crippen LogP contribution >= 0.6 is 11.8 Å². The van der Waals surface area contributed by atoms with E-state index in [0.29, 0.717) is 23.4 Å². The number of furan rings is 1. The van der Waals surface area contributed by atoms with E-state index in [0.717, 1.165) is 17.8 Å². The lowest BCUT2D eigenvalue weighted by molar-refractivity contribution is -0.141. The van der Waals surface area contributed by atoms with Gasteiger partial charge in [-0.1, -0.05) is 11.8 Å². The number of carbonyl (C=O) groups excluding carboxylic acids is 1. The van der Waals surface area contributed by atoms with E-state index in [9.17, 15) is 22.4 Å². The summed E-state index contributed by atoms with van der Waals surface area (Å²) in [5, 5.41) is 2.64. The number of halogens is 4. The predicted molar refractivity (Wildman–Crippen MR) is 104 cm³/mol. The zero-order valence-electron chi connectivity index (χ0n) is 15.8. The highest BCUT2D eigenvalue weighted by Crippen LogP contribution is 2.32. The molecular weight excluding hydrogens is 422 g/mol. The van der Waals surface area contributed by atoms with Crippen LogP contribution in [0, 0.1) is 12.7 Å². The predicted octanol–water partition coefficient (Wildman–Crippen LogP) is 5.71. The zero-order valence-corrected chi connectivity index (χ0v) is 16.6. The van der Waals surface area contributed by atoms with Crippen LogP contribution in [0.3, 0.4) is 0 Å². The highest BCUT2D eigenvalue weighted by Gasteiger charge is 2.34. The summed E-state index contributed by atoms with van der Waals surface area (Å²) in [7, 11) is 0. The van der Waals surface area contributed by atoms with Gasteiger partial charge in [0.05, 0.1) is 6.26 Å². The normalized spacial score (nSPS) is 11.5. The van der Waals surface area contributed by atoms with Crippen LogP contribution in [0.4, 0.5) is 23.2 Å². The number of amides is 1. The maximum Gasteiger partial charge on any atom is 0.433 e. The van der Waals surface area contributed by atoms with Crippen molar-refractivity contribution >= 4 is 23.4 Å². The fourth-order valence-electron chi connectivity index (χ4n) is 2.56. The number of nitrogens with zero attached hydrogens (tertiary/aromatic N) is 2. The van der Waals surface area contributed by atoms with Gasteiger partial charge in [0.2, 0.25) is 5.91 Å². The summed E-state index contributed by atoms with van der Waals surface area (Å²) in [5.74, 6) is -0.114. The quantitative estimate of drug-likeness (QED) is 0.221. The van der Waals surface area contributed by atoms with Crippen molar-refractivity contribution in [1.82, 2.24) is 9.97 Å². The molecule has 2 heterocycles. The summed E-state index contributed by atoms with van der Waals surface area (Å²) in [5.41, 5.74) is 0.0872. The van der Waals surface area contributed by atoms with Crippen molar-refractivity contribution in [3.05, 3.63) is 59.7 Å². The smallest absolute Gasteiger partial charge is 0.433 e. The summed E-state index contributed by atoms with van der Waals surface area (Å²) in [4.78, 5) is 19.7. The van der Waals surface area contributed by atoms with Gasteiger partial charge in [0.25, 0.3) is 0 Å². The Kier molecular flexibility index (Phi) is 6.76. The van der Waals surface area contributed by atoms with Crippen LogP contribution in [0.15, 0.2) is 52.2 Å². The van der Waals surface area contributed by atoms with Gasteiger partial charge < -0.3 is 9.73 Å². The molecule has 3 aromatic rings. The SMILES string of the molecule is Cc1cc(F)ccc1NC(=O)CCCSc1nc(-c2ccco2)cc(C(F)(F)F)n1. The van der Waals surface area contributed by atoms with Crippen LogP contribution in [-0.2, 0) is 11.0 Å². The number of nitrogens with one attached hydrogen (secondary N) is 1. The summed E-state index contributed by atoms with van der Waals surface area (Å²) < 4.78 is 57.7. The lowest BCUT2D eigenvalue weighted by atomic mass is 10.2. The molecule has 0 bridgehead atoms. The Labute approximate surface area is 173 Å². The van der Waals surface area contributed by atoms with Crippen LogP contribution < -0.4 is 5.32 Å². The van der Waals surface area contributed by atoms with E-state index in [-0.39, 0.29) is 28.9 Å². The minimum atomic E-state index is -4.62. The van der Waals surface area contributed by atoms with Crippen molar-refractivity contribution in [3.63, 3.8) is 0 Å². The number of aromatic nitrogens is 2. The van der Waals surface area contributed by atoms with Gasteiger partial charge in [-0.05, 0) is 55.3 Å². The molecule has 3 rings (SSSR count). The van der Waals surface area contributed by atoms with Gasteiger partial charge in [-0.25, -0.2) is 14.4 Å². The van der Waals surface area contributed by atoms with E-state index in [4.69, 9.17) is 4.42 Å². The fourth-order valence-corrected chi connectivity index (χ4v) is 3.36. The molecule has 0 spiro atoms. The maximum atomic E-state index is 13.1. The second kappa shape index (κ2) is 9.29. The molecule has 0 aliphatic carbocycles. The van der Waals surface area contributed by atoms with Gasteiger partial charge in [-0.3, -0.25) is 4.79 Å². The van der Waals surface area contributed by atoms with Crippen LogP contribution in [0.1, 0.15) is 24.1 Å². The van der Waals surface area contributed by atoms with Gasteiger partial charge >= 0.3 is 6.18 Å². The number of hydrogen-bond donors (Lipinski definition) is 1. The third-order valence-electron chi connectivity index (χ3n) is 4.01. The number of alkyl halides is 3. The Morgan fingerprint density at radius 2 is 2.00 bits per heavy atom. The van der Waals surface area contributed by atoms with E-state index in [2.05, 4.69) is 15.3 Å². The molecule has 158 valence electrons. The third-order valence-corrected chi connectivity index (χ3v) is 4.95. The first-order chi connectivity index (χ1) is 14.2. The molecule has 0 saturated heterocycles. The molecule has 0 unspecified atom stereocenters. The van der Waals surface area contributed by atoms with Gasteiger partial charge in [0.1, 0.15) is 17.2 Å². The Balaban J connectivity index is 1.59. The molecule has 0 radical (unpaired) electrons. The number of rotatable bonds is 7. The monoisotopic (exact) mass is 439 g/mol. The second-order valence-electron chi connectivity index (χ2n) is 6.36. The lowest BCUT2D eigenvalue weighted by Crippen LogP contribution is -2.12. The maximum absolute atomic E-state index is 13.1. The Morgan fingerprint density at radius 1 is 1.20 bits per heavy atom. The third kappa shape index (κ3) is 5.82. The molecule has 0 aliphatic rings. The zero-order chi connectivity index (χ0) is 21.7. The van der Waals surface area contributed by atoms with Gasteiger partial charge in [0, 0.05) is 17.9 Å². The summed E-state index contributed by atoms with van der Waals surface area (Å²) >= 11 is 1.02. The topological polar surface area (TPSA) is 68.0 Å². The number of aryl methyl sites for hydroxylation is 1. The average Bonchev–Trinajstić information content (AvgIpc) is 3.21. The van der Waals surface area contributed by atoms with Gasteiger partial charge in [-0.15, -0.1) is 0 Å². The standard InChI is InChI=1S/C20H17F4N3O2S/c1-12-10-13(21)6-7-14(12)25-18(28)5-3-9-30-19-26-15(16-4-2-8-29-16)11-17(27-19)20(22,23)24/h2,4,6-8,10-11H,3,5,9H2,1H3,(H,25,28). The molecule has 1 aromatic carbocycles. The van der Waals surface area contributed by atoms with Gasteiger partial charge in [-0.2, -0.15) is 13.2 Å². The number of benzene rings is 1. The van der Waals surface area contributed by atoms with E-state index < -0.39 is 17.7 Å². The van der Waals surface area contributed by atoms with Crippen molar-refractivity contribution in [3.8, 4) is 11.5 Å². The fraction of sp³-hybridized carbons (Fsp3) is 0.250. The first-order valence-corrected chi connectivity index (χ1v) is 9.90. The number of carbonyl (C=O) groups is 1. The van der Waals surface area contributed by atoms with Crippen molar-refractivity contribution in [2.24, 2.45) is 0 Å². The molecule has 0 fully saturated rings. The number of anilines is 1. The van der Waals surface area contributed by atoms with Gasteiger partial charge in [0.15, 0.2) is 10.9 Å². The molecule has 2 aromatic heterocycles. The minimum Gasteiger partial charge on any atom is -0.463 e. The summed E-state index contributed by atoms with van der Waals surface area (Å²) in [6.45, 7) is 1.68. The summed E-state index contributed by atoms with van der Waals surface area (Å²) in [6.07, 6.45) is -2.73. The first-order valence-electron chi connectivity index (χ1n) is 8.91. The molecule has 0 aliphatic heterocycles. The molecule has 5 nitrogen and oxygen atoms in total. The van der Waals surface area contributed by atoms with Crippen LogP contribution in [-0.4, -0.2) is 21.6 Å². The van der Waals surface area contributed by atoms with Crippen LogP contribution in [0.5, 0.6) is 0 Å².